The van der Waals surface area contributed by atoms with Gasteiger partial charge in [-0.25, -0.2) is 4.98 Å². The van der Waals surface area contributed by atoms with E-state index in [-0.39, 0.29) is 5.91 Å². The zero-order valence-corrected chi connectivity index (χ0v) is 11.9. The summed E-state index contributed by atoms with van der Waals surface area (Å²) < 4.78 is 0. The summed E-state index contributed by atoms with van der Waals surface area (Å²) in [5, 5.41) is 6.24. The van der Waals surface area contributed by atoms with Gasteiger partial charge in [0, 0.05) is 37.4 Å². The van der Waals surface area contributed by atoms with E-state index in [0.717, 1.165) is 30.8 Å². The van der Waals surface area contributed by atoms with Crippen molar-refractivity contribution in [1.82, 2.24) is 25.6 Å². The molecule has 1 aliphatic heterocycles. The van der Waals surface area contributed by atoms with Gasteiger partial charge in [0.1, 0.15) is 5.69 Å². The Balaban J connectivity index is 1.78. The van der Waals surface area contributed by atoms with Gasteiger partial charge in [0.25, 0.3) is 5.91 Å². The number of aromatic nitrogens is 3. The third-order valence-corrected chi connectivity index (χ3v) is 3.69. The van der Waals surface area contributed by atoms with Crippen LogP contribution in [0.1, 0.15) is 32.9 Å². The average molecular weight is 283 g/mol. The molecule has 0 saturated heterocycles. The molecule has 3 heterocycles. The molecule has 1 aliphatic rings. The van der Waals surface area contributed by atoms with Crippen molar-refractivity contribution in [3.05, 3.63) is 52.9 Å². The molecule has 2 N–H and O–H groups in total. The van der Waals surface area contributed by atoms with Gasteiger partial charge in [-0.05, 0) is 36.6 Å². The lowest BCUT2D eigenvalue weighted by molar-refractivity contribution is 0.0945. The van der Waals surface area contributed by atoms with Gasteiger partial charge in [0.15, 0.2) is 0 Å². The van der Waals surface area contributed by atoms with Gasteiger partial charge in [0.05, 0.1) is 6.20 Å². The Morgan fingerprint density at radius 2 is 2.24 bits per heavy atom. The summed E-state index contributed by atoms with van der Waals surface area (Å²) in [6.07, 6.45) is 7.41. The number of hydrogen-bond donors (Lipinski definition) is 2. The fourth-order valence-corrected chi connectivity index (χ4v) is 2.55. The van der Waals surface area contributed by atoms with Crippen LogP contribution in [0, 0.1) is 6.92 Å². The van der Waals surface area contributed by atoms with Crippen LogP contribution in [0.25, 0.3) is 0 Å². The number of fused-ring (bicyclic) bond motifs is 1. The minimum atomic E-state index is -0.214. The SMILES string of the molecule is Cc1ncc2c(c1CNC(=O)c1cnccn1)CCNC2. The highest BCUT2D eigenvalue weighted by Crippen LogP contribution is 2.20. The van der Waals surface area contributed by atoms with Gasteiger partial charge in [-0.2, -0.15) is 0 Å². The molecule has 0 unspecified atom stereocenters. The van der Waals surface area contributed by atoms with Crippen molar-refractivity contribution >= 4 is 5.91 Å². The molecule has 3 rings (SSSR count). The van der Waals surface area contributed by atoms with Gasteiger partial charge in [-0.3, -0.25) is 14.8 Å². The van der Waals surface area contributed by atoms with Crippen molar-refractivity contribution in [1.29, 1.82) is 0 Å². The fraction of sp³-hybridized carbons (Fsp3) is 0.333. The molecule has 6 heteroatoms. The van der Waals surface area contributed by atoms with Crippen LogP contribution in [0.5, 0.6) is 0 Å². The monoisotopic (exact) mass is 283 g/mol. The maximum absolute atomic E-state index is 12.1. The highest BCUT2D eigenvalue weighted by molar-refractivity contribution is 5.91. The Hall–Kier alpha value is -2.34. The average Bonchev–Trinajstić information content (AvgIpc) is 2.54. The molecular formula is C15H17N5O. The maximum atomic E-state index is 12.1. The summed E-state index contributed by atoms with van der Waals surface area (Å²) in [6.45, 7) is 4.25. The van der Waals surface area contributed by atoms with Crippen LogP contribution in [0.2, 0.25) is 0 Å². The van der Waals surface area contributed by atoms with Crippen molar-refractivity contribution in [3.63, 3.8) is 0 Å². The van der Waals surface area contributed by atoms with Crippen LogP contribution in [0.4, 0.5) is 0 Å². The lowest BCUT2D eigenvalue weighted by Gasteiger charge is -2.21. The number of rotatable bonds is 3. The van der Waals surface area contributed by atoms with Crippen molar-refractivity contribution in [3.8, 4) is 0 Å². The third kappa shape index (κ3) is 2.90. The molecule has 0 aromatic carbocycles. The normalized spacial score (nSPS) is 13.6. The number of pyridine rings is 1. The molecule has 0 radical (unpaired) electrons. The topological polar surface area (TPSA) is 79.8 Å². The van der Waals surface area contributed by atoms with Gasteiger partial charge in [-0.15, -0.1) is 0 Å². The summed E-state index contributed by atoms with van der Waals surface area (Å²) >= 11 is 0. The van der Waals surface area contributed by atoms with Gasteiger partial charge in [0.2, 0.25) is 0 Å². The van der Waals surface area contributed by atoms with E-state index in [0.29, 0.717) is 12.2 Å². The largest absolute Gasteiger partial charge is 0.346 e. The number of amides is 1. The predicted octanol–water partition coefficient (Wildman–Crippen LogP) is 0.756. The van der Waals surface area contributed by atoms with Crippen molar-refractivity contribution in [2.24, 2.45) is 0 Å². The molecule has 0 bridgehead atoms. The first-order chi connectivity index (χ1) is 10.3. The second-order valence-corrected chi connectivity index (χ2v) is 5.03. The number of carbonyl (C=O) groups excluding carboxylic acids is 1. The van der Waals surface area contributed by atoms with Crippen LogP contribution in [0.3, 0.4) is 0 Å². The lowest BCUT2D eigenvalue weighted by atomic mass is 9.96. The van der Waals surface area contributed by atoms with E-state index in [4.69, 9.17) is 0 Å². The van der Waals surface area contributed by atoms with Crippen molar-refractivity contribution < 1.29 is 4.79 Å². The van der Waals surface area contributed by atoms with Crippen molar-refractivity contribution in [2.45, 2.75) is 26.4 Å². The Bertz CT molecular complexity index is 657. The van der Waals surface area contributed by atoms with Crippen LogP contribution in [0.15, 0.2) is 24.8 Å². The van der Waals surface area contributed by atoms with Gasteiger partial charge in [-0.1, -0.05) is 0 Å². The van der Waals surface area contributed by atoms with Crippen LogP contribution in [-0.2, 0) is 19.5 Å². The van der Waals surface area contributed by atoms with E-state index < -0.39 is 0 Å². The Labute approximate surface area is 123 Å². The molecule has 0 atom stereocenters. The molecule has 6 nitrogen and oxygen atoms in total. The minimum Gasteiger partial charge on any atom is -0.346 e. The highest BCUT2D eigenvalue weighted by Gasteiger charge is 2.16. The molecule has 0 fully saturated rings. The molecule has 2 aromatic rings. The quantitative estimate of drug-likeness (QED) is 0.869. The summed E-state index contributed by atoms with van der Waals surface area (Å²) in [5.41, 5.74) is 4.94. The zero-order chi connectivity index (χ0) is 14.7. The Kier molecular flexibility index (Phi) is 3.87. The van der Waals surface area contributed by atoms with E-state index in [9.17, 15) is 4.79 Å². The highest BCUT2D eigenvalue weighted by atomic mass is 16.1. The molecule has 108 valence electrons. The van der Waals surface area contributed by atoms with E-state index in [1.807, 2.05) is 13.1 Å². The molecule has 0 spiro atoms. The summed E-state index contributed by atoms with van der Waals surface area (Å²) in [4.78, 5) is 24.4. The number of aryl methyl sites for hydroxylation is 1. The molecule has 0 aliphatic carbocycles. The molecule has 0 saturated carbocycles. The third-order valence-electron chi connectivity index (χ3n) is 3.69. The van der Waals surface area contributed by atoms with E-state index in [1.54, 1.807) is 6.20 Å². The molecule has 1 amide bonds. The van der Waals surface area contributed by atoms with Crippen LogP contribution >= 0.6 is 0 Å². The maximum Gasteiger partial charge on any atom is 0.271 e. The number of carbonyl (C=O) groups is 1. The number of nitrogens with zero attached hydrogens (tertiary/aromatic N) is 3. The van der Waals surface area contributed by atoms with Crippen LogP contribution in [-0.4, -0.2) is 27.4 Å². The smallest absolute Gasteiger partial charge is 0.271 e. The van der Waals surface area contributed by atoms with Crippen LogP contribution < -0.4 is 10.6 Å². The summed E-state index contributed by atoms with van der Waals surface area (Å²) in [6, 6.07) is 0. The number of nitrogens with one attached hydrogen (secondary N) is 2. The first-order valence-electron chi connectivity index (χ1n) is 6.97. The first kappa shape index (κ1) is 13.6. The van der Waals surface area contributed by atoms with E-state index in [2.05, 4.69) is 25.6 Å². The standard InChI is InChI=1S/C15H17N5O/c1-10-13(12-2-3-16-6-11(12)7-19-10)8-20-15(21)14-9-17-4-5-18-14/h4-5,7,9,16H,2-3,6,8H2,1H3,(H,20,21). The predicted molar refractivity (Wildman–Crippen MR) is 77.6 cm³/mol. The lowest BCUT2D eigenvalue weighted by Crippen LogP contribution is -2.29. The first-order valence-corrected chi connectivity index (χ1v) is 6.97. The van der Waals surface area contributed by atoms with E-state index >= 15 is 0 Å². The molecule has 21 heavy (non-hydrogen) atoms. The summed E-state index contributed by atoms with van der Waals surface area (Å²) in [7, 11) is 0. The Morgan fingerprint density at radius 3 is 3.05 bits per heavy atom. The minimum absolute atomic E-state index is 0.214. The fourth-order valence-electron chi connectivity index (χ4n) is 2.55. The van der Waals surface area contributed by atoms with E-state index in [1.165, 1.54) is 23.5 Å². The second-order valence-electron chi connectivity index (χ2n) is 5.03. The van der Waals surface area contributed by atoms with Gasteiger partial charge < -0.3 is 10.6 Å². The van der Waals surface area contributed by atoms with Crippen molar-refractivity contribution in [2.75, 3.05) is 6.54 Å². The number of hydrogen-bond acceptors (Lipinski definition) is 5. The molecule has 2 aromatic heterocycles. The molecular weight excluding hydrogens is 266 g/mol. The second kappa shape index (κ2) is 5.97. The van der Waals surface area contributed by atoms with Gasteiger partial charge >= 0.3 is 0 Å². The zero-order valence-electron chi connectivity index (χ0n) is 11.9. The Morgan fingerprint density at radius 1 is 1.33 bits per heavy atom. The summed E-state index contributed by atoms with van der Waals surface area (Å²) in [5.74, 6) is -0.214.